The molecule has 0 fully saturated rings. The van der Waals surface area contributed by atoms with Gasteiger partial charge in [-0.25, -0.2) is 0 Å². The van der Waals surface area contributed by atoms with E-state index in [1.807, 2.05) is 54.8 Å². The van der Waals surface area contributed by atoms with E-state index in [-0.39, 0.29) is 15.9 Å². The van der Waals surface area contributed by atoms with Gasteiger partial charge in [0.2, 0.25) is 0 Å². The molecule has 21 heavy (non-hydrogen) atoms. The Morgan fingerprint density at radius 2 is 1.90 bits per heavy atom. The van der Waals surface area contributed by atoms with Crippen molar-refractivity contribution < 1.29 is 4.92 Å². The lowest BCUT2D eigenvalue weighted by Gasteiger charge is -2.19. The maximum Gasteiger partial charge on any atom is 0.263 e. The summed E-state index contributed by atoms with van der Waals surface area (Å²) >= 11 is 3.20. The number of benzene rings is 1. The SMILES string of the molecule is Cc1ccc(C2SC(c3cccs3)=CC=C2[N+](=O)[O-])cc1. The Morgan fingerprint density at radius 3 is 2.52 bits per heavy atom. The van der Waals surface area contributed by atoms with Crippen LogP contribution in [0.1, 0.15) is 21.3 Å². The van der Waals surface area contributed by atoms with E-state index < -0.39 is 0 Å². The number of thiophene rings is 1. The maximum atomic E-state index is 11.3. The third-order valence-corrected chi connectivity index (χ3v) is 5.67. The molecule has 1 unspecified atom stereocenters. The lowest BCUT2D eigenvalue weighted by molar-refractivity contribution is -0.427. The predicted molar refractivity (Wildman–Crippen MR) is 88.9 cm³/mol. The molecule has 0 saturated carbocycles. The highest BCUT2D eigenvalue weighted by atomic mass is 32.2. The predicted octanol–water partition coefficient (Wildman–Crippen LogP) is 5.05. The highest BCUT2D eigenvalue weighted by Crippen LogP contribution is 2.47. The number of aryl methyl sites for hydroxylation is 1. The summed E-state index contributed by atoms with van der Waals surface area (Å²) in [5, 5.41) is 13.1. The van der Waals surface area contributed by atoms with Gasteiger partial charge in [0.15, 0.2) is 0 Å². The molecule has 0 aliphatic carbocycles. The average molecular weight is 315 g/mol. The number of hydrogen-bond acceptors (Lipinski definition) is 4. The summed E-state index contributed by atoms with van der Waals surface area (Å²) in [7, 11) is 0. The summed E-state index contributed by atoms with van der Waals surface area (Å²) in [6.07, 6.45) is 3.48. The molecule has 1 aromatic heterocycles. The van der Waals surface area contributed by atoms with Crippen molar-refractivity contribution >= 4 is 28.0 Å². The van der Waals surface area contributed by atoms with Crippen molar-refractivity contribution in [3.63, 3.8) is 0 Å². The molecule has 0 radical (unpaired) electrons. The zero-order valence-corrected chi connectivity index (χ0v) is 13.0. The van der Waals surface area contributed by atoms with Gasteiger partial charge in [0, 0.05) is 15.9 Å². The van der Waals surface area contributed by atoms with E-state index in [0.29, 0.717) is 0 Å². The second-order valence-electron chi connectivity index (χ2n) is 4.77. The zero-order valence-electron chi connectivity index (χ0n) is 11.4. The number of rotatable bonds is 3. The first-order valence-corrected chi connectivity index (χ1v) is 8.24. The minimum atomic E-state index is -0.279. The Bertz CT molecular complexity index is 715. The van der Waals surface area contributed by atoms with Gasteiger partial charge in [0.25, 0.3) is 5.70 Å². The van der Waals surface area contributed by atoms with Crippen LogP contribution in [-0.4, -0.2) is 4.92 Å². The van der Waals surface area contributed by atoms with Gasteiger partial charge in [-0.1, -0.05) is 35.9 Å². The largest absolute Gasteiger partial charge is 0.263 e. The molecule has 0 spiro atoms. The number of hydrogen-bond donors (Lipinski definition) is 0. The Morgan fingerprint density at radius 1 is 1.14 bits per heavy atom. The highest BCUT2D eigenvalue weighted by Gasteiger charge is 2.31. The van der Waals surface area contributed by atoms with E-state index in [0.717, 1.165) is 20.9 Å². The molecular formula is C16H13NO2S2. The van der Waals surface area contributed by atoms with Crippen molar-refractivity contribution in [2.24, 2.45) is 0 Å². The number of nitro groups is 1. The van der Waals surface area contributed by atoms with Gasteiger partial charge in [-0.15, -0.1) is 23.1 Å². The topological polar surface area (TPSA) is 43.1 Å². The molecule has 2 heterocycles. The Balaban J connectivity index is 1.99. The Kier molecular flexibility index (Phi) is 3.94. The zero-order chi connectivity index (χ0) is 14.8. The van der Waals surface area contributed by atoms with E-state index in [9.17, 15) is 10.1 Å². The molecule has 2 aromatic rings. The van der Waals surface area contributed by atoms with Crippen molar-refractivity contribution in [1.82, 2.24) is 0 Å². The first-order chi connectivity index (χ1) is 10.1. The van der Waals surface area contributed by atoms with E-state index in [2.05, 4.69) is 0 Å². The van der Waals surface area contributed by atoms with E-state index >= 15 is 0 Å². The second-order valence-corrected chi connectivity index (χ2v) is 6.86. The third-order valence-electron chi connectivity index (χ3n) is 3.27. The van der Waals surface area contributed by atoms with Gasteiger partial charge >= 0.3 is 0 Å². The van der Waals surface area contributed by atoms with Crippen LogP contribution in [0.5, 0.6) is 0 Å². The van der Waals surface area contributed by atoms with Crippen LogP contribution in [0, 0.1) is 17.0 Å². The molecule has 0 amide bonds. The van der Waals surface area contributed by atoms with E-state index in [1.54, 1.807) is 29.2 Å². The number of allylic oxidation sites excluding steroid dienone is 2. The molecule has 3 rings (SSSR count). The monoisotopic (exact) mass is 315 g/mol. The van der Waals surface area contributed by atoms with Crippen LogP contribution in [0.25, 0.3) is 4.91 Å². The summed E-state index contributed by atoms with van der Waals surface area (Å²) in [6.45, 7) is 2.01. The molecule has 1 aliphatic rings. The van der Waals surface area contributed by atoms with Crippen molar-refractivity contribution in [2.45, 2.75) is 12.2 Å². The molecule has 0 bridgehead atoms. The van der Waals surface area contributed by atoms with Gasteiger partial charge in [0.05, 0.1) is 4.92 Å². The van der Waals surface area contributed by atoms with Crippen molar-refractivity contribution in [3.05, 3.63) is 85.7 Å². The molecule has 1 atom stereocenters. The van der Waals surface area contributed by atoms with Gasteiger partial charge in [-0.3, -0.25) is 10.1 Å². The van der Waals surface area contributed by atoms with Crippen LogP contribution in [-0.2, 0) is 0 Å². The van der Waals surface area contributed by atoms with E-state index in [4.69, 9.17) is 0 Å². The lowest BCUT2D eigenvalue weighted by Crippen LogP contribution is -2.10. The van der Waals surface area contributed by atoms with Crippen LogP contribution in [0.3, 0.4) is 0 Å². The quantitative estimate of drug-likeness (QED) is 0.588. The van der Waals surface area contributed by atoms with Crippen molar-refractivity contribution in [2.75, 3.05) is 0 Å². The van der Waals surface area contributed by atoms with E-state index in [1.165, 1.54) is 0 Å². The fraction of sp³-hybridized carbons (Fsp3) is 0.125. The van der Waals surface area contributed by atoms with Gasteiger partial charge < -0.3 is 0 Å². The molecule has 0 saturated heterocycles. The highest BCUT2D eigenvalue weighted by molar-refractivity contribution is 8.08. The Hall–Kier alpha value is -1.85. The van der Waals surface area contributed by atoms with Crippen LogP contribution in [0.2, 0.25) is 0 Å². The summed E-state index contributed by atoms with van der Waals surface area (Å²) in [6, 6.07) is 12.0. The molecule has 1 aromatic carbocycles. The first kappa shape index (κ1) is 14.1. The normalized spacial score (nSPS) is 18.0. The molecule has 1 aliphatic heterocycles. The molecule has 106 valence electrons. The van der Waals surface area contributed by atoms with Gasteiger partial charge in [-0.05, 0) is 30.0 Å². The lowest BCUT2D eigenvalue weighted by atomic mass is 10.1. The fourth-order valence-corrected chi connectivity index (χ4v) is 4.27. The van der Waals surface area contributed by atoms with Crippen LogP contribution in [0.15, 0.2) is 59.6 Å². The molecule has 5 heteroatoms. The average Bonchev–Trinajstić information content (AvgIpc) is 3.01. The summed E-state index contributed by atoms with van der Waals surface area (Å²) in [4.78, 5) is 13.3. The van der Waals surface area contributed by atoms with Gasteiger partial charge in [-0.2, -0.15) is 0 Å². The fourth-order valence-electron chi connectivity index (χ4n) is 2.17. The first-order valence-electron chi connectivity index (χ1n) is 6.48. The second kappa shape index (κ2) is 5.87. The van der Waals surface area contributed by atoms with Gasteiger partial charge in [0.1, 0.15) is 5.25 Å². The number of nitrogens with zero attached hydrogens (tertiary/aromatic N) is 1. The van der Waals surface area contributed by atoms with Crippen LogP contribution < -0.4 is 0 Å². The van der Waals surface area contributed by atoms with Crippen LogP contribution >= 0.6 is 23.1 Å². The minimum absolute atomic E-state index is 0.240. The third kappa shape index (κ3) is 2.94. The minimum Gasteiger partial charge on any atom is -0.259 e. The standard InChI is InChI=1S/C16H13NO2S2/c1-11-4-6-12(7-5-11)16-13(17(18)19)8-9-15(21-16)14-3-2-10-20-14/h2-10,16H,1H3. The summed E-state index contributed by atoms with van der Waals surface area (Å²) in [5.41, 5.74) is 2.36. The summed E-state index contributed by atoms with van der Waals surface area (Å²) in [5.74, 6) is 0. The molecule has 3 nitrogen and oxygen atoms in total. The summed E-state index contributed by atoms with van der Waals surface area (Å²) < 4.78 is 0. The number of thioether (sulfide) groups is 1. The molecule has 0 N–H and O–H groups in total. The van der Waals surface area contributed by atoms with Crippen molar-refractivity contribution in [3.8, 4) is 0 Å². The van der Waals surface area contributed by atoms with Crippen LogP contribution in [0.4, 0.5) is 0 Å². The maximum absolute atomic E-state index is 11.3. The smallest absolute Gasteiger partial charge is 0.259 e. The molecular weight excluding hydrogens is 302 g/mol. The Labute approximate surface area is 131 Å². The van der Waals surface area contributed by atoms with Crippen molar-refractivity contribution in [1.29, 1.82) is 0 Å².